The number of rotatable bonds is 7. The minimum Gasteiger partial charge on any atom is -0.464 e. The lowest BCUT2D eigenvalue weighted by Gasteiger charge is -2.37. The highest BCUT2D eigenvalue weighted by Crippen LogP contribution is 2.52. The van der Waals surface area contributed by atoms with Crippen molar-refractivity contribution in [1.82, 2.24) is 19.9 Å². The number of nitrogens with zero attached hydrogens (tertiary/aromatic N) is 5. The van der Waals surface area contributed by atoms with Crippen molar-refractivity contribution in [2.45, 2.75) is 42.7 Å². The van der Waals surface area contributed by atoms with Gasteiger partial charge in [0.05, 0.1) is 41.3 Å². The smallest absolute Gasteiger partial charge is 0.360 e. The van der Waals surface area contributed by atoms with E-state index >= 15 is 0 Å². The Kier molecular flexibility index (Phi) is 5.59. The van der Waals surface area contributed by atoms with E-state index < -0.39 is 27.7 Å². The third-order valence-corrected chi connectivity index (χ3v) is 6.93. The van der Waals surface area contributed by atoms with Crippen LogP contribution in [-0.2, 0) is 32.2 Å². The maximum Gasteiger partial charge on any atom is 0.360 e. The van der Waals surface area contributed by atoms with Crippen molar-refractivity contribution in [2.24, 2.45) is 0 Å². The van der Waals surface area contributed by atoms with E-state index in [0.29, 0.717) is 12.0 Å². The summed E-state index contributed by atoms with van der Waals surface area (Å²) in [6, 6.07) is 4.82. The fourth-order valence-electron chi connectivity index (χ4n) is 3.81. The number of methoxy groups -OCH3 is 1. The van der Waals surface area contributed by atoms with Gasteiger partial charge < -0.3 is 14.4 Å². The highest BCUT2D eigenvalue weighted by Gasteiger charge is 2.61. The number of non-ortho nitro benzene ring substituents is 1. The second-order valence-electron chi connectivity index (χ2n) is 7.62. The van der Waals surface area contributed by atoms with E-state index in [1.165, 1.54) is 58.9 Å². The largest absolute Gasteiger partial charge is 0.464 e. The van der Waals surface area contributed by atoms with E-state index in [9.17, 15) is 24.5 Å². The van der Waals surface area contributed by atoms with E-state index in [4.69, 9.17) is 4.74 Å². The Hall–Kier alpha value is -3.48. The fraction of sp³-hybridized carbons (Fsp3) is 0.421. The third-order valence-electron chi connectivity index (χ3n) is 5.37. The quantitative estimate of drug-likeness (QED) is 0.254. The van der Waals surface area contributed by atoms with Crippen LogP contribution in [0.4, 0.5) is 5.69 Å². The number of nitro benzene ring substituents is 1. The molecule has 4 rings (SSSR count). The number of carbonyl (C=O) groups excluding carboxylic acids is 3. The molecule has 13 heteroatoms. The molecule has 2 saturated heterocycles. The van der Waals surface area contributed by atoms with Gasteiger partial charge in [-0.1, -0.05) is 5.21 Å². The molecule has 32 heavy (non-hydrogen) atoms. The number of hydrogen-bond donors (Lipinski definition) is 0. The molecule has 0 aliphatic carbocycles. The molecule has 168 valence electrons. The van der Waals surface area contributed by atoms with Gasteiger partial charge >= 0.3 is 11.9 Å². The number of carbonyl (C=O) groups is 3. The maximum atomic E-state index is 13.0. The van der Waals surface area contributed by atoms with Crippen LogP contribution in [0, 0.1) is 10.1 Å². The third kappa shape index (κ3) is 3.90. The molecule has 3 atom stereocenters. The summed E-state index contributed by atoms with van der Waals surface area (Å²) in [5.41, 5.74) is 0.561. The van der Waals surface area contributed by atoms with Crippen LogP contribution >= 0.6 is 11.8 Å². The number of hydrogen-bond acceptors (Lipinski definition) is 10. The van der Waals surface area contributed by atoms with Crippen molar-refractivity contribution in [1.29, 1.82) is 0 Å². The first-order valence-corrected chi connectivity index (χ1v) is 10.5. The molecule has 0 N–H and O–H groups in total. The summed E-state index contributed by atoms with van der Waals surface area (Å²) in [5, 5.41) is 18.3. The Bertz CT molecular complexity index is 1090. The summed E-state index contributed by atoms with van der Waals surface area (Å²) in [6.45, 7) is 1.95. The van der Waals surface area contributed by atoms with Crippen molar-refractivity contribution in [2.75, 3.05) is 7.11 Å². The van der Waals surface area contributed by atoms with Crippen LogP contribution in [0.3, 0.4) is 0 Å². The molecule has 12 nitrogen and oxygen atoms in total. The monoisotopic (exact) mass is 461 g/mol. The van der Waals surface area contributed by atoms with E-state index in [1.54, 1.807) is 0 Å². The number of esters is 2. The molecule has 2 aliphatic heterocycles. The van der Waals surface area contributed by atoms with Gasteiger partial charge in [-0.15, -0.1) is 16.9 Å². The standard InChI is InChI=1S/C19H19N5O7S/c1-19(10-22-8-13(20-21-22)17(26)30-2)16(23-14(25)7-15(23)32-19)18(27)31-9-11-3-5-12(6-4-11)24(28)29/h3-6,8,15-16H,7,9-10H2,1-2H3/t15-,16+,19+/m1/s1. The van der Waals surface area contributed by atoms with Gasteiger partial charge in [0.1, 0.15) is 12.6 Å². The van der Waals surface area contributed by atoms with Gasteiger partial charge in [-0.3, -0.25) is 19.6 Å². The van der Waals surface area contributed by atoms with Gasteiger partial charge in [-0.25, -0.2) is 9.59 Å². The second-order valence-corrected chi connectivity index (χ2v) is 9.33. The Labute approximate surface area is 186 Å². The normalized spacial score (nSPS) is 23.9. The molecular weight excluding hydrogens is 442 g/mol. The Morgan fingerprint density at radius 3 is 2.69 bits per heavy atom. The molecule has 1 amide bonds. The van der Waals surface area contributed by atoms with Gasteiger partial charge in [0, 0.05) is 12.1 Å². The van der Waals surface area contributed by atoms with Gasteiger partial charge in [0.2, 0.25) is 5.91 Å². The Morgan fingerprint density at radius 2 is 2.06 bits per heavy atom. The Morgan fingerprint density at radius 1 is 1.34 bits per heavy atom. The zero-order valence-corrected chi connectivity index (χ0v) is 18.0. The summed E-state index contributed by atoms with van der Waals surface area (Å²) in [7, 11) is 1.24. The first kappa shape index (κ1) is 21.7. The average molecular weight is 461 g/mol. The number of amides is 1. The average Bonchev–Trinajstić information content (AvgIpc) is 3.31. The maximum absolute atomic E-state index is 13.0. The molecule has 2 aliphatic rings. The van der Waals surface area contributed by atoms with Crippen LogP contribution < -0.4 is 0 Å². The predicted molar refractivity (Wildman–Crippen MR) is 109 cm³/mol. The number of ether oxygens (including phenoxy) is 2. The van der Waals surface area contributed by atoms with Crippen molar-refractivity contribution in [3.8, 4) is 0 Å². The lowest BCUT2D eigenvalue weighted by molar-refractivity contribution is -0.384. The summed E-state index contributed by atoms with van der Waals surface area (Å²) >= 11 is 1.47. The molecule has 2 fully saturated rings. The van der Waals surface area contributed by atoms with Crippen LogP contribution in [0.5, 0.6) is 0 Å². The number of thioether (sulfide) groups is 1. The topological polar surface area (TPSA) is 147 Å². The molecular formula is C19H19N5O7S. The van der Waals surface area contributed by atoms with Crippen LogP contribution in [0.25, 0.3) is 0 Å². The number of nitro groups is 1. The van der Waals surface area contributed by atoms with Crippen LogP contribution in [0.1, 0.15) is 29.4 Å². The van der Waals surface area contributed by atoms with Crippen molar-refractivity contribution >= 4 is 35.3 Å². The van der Waals surface area contributed by atoms with Gasteiger partial charge in [0.15, 0.2) is 5.69 Å². The highest BCUT2D eigenvalue weighted by atomic mass is 32.2. The van der Waals surface area contributed by atoms with Gasteiger partial charge in [-0.05, 0) is 24.6 Å². The zero-order valence-electron chi connectivity index (χ0n) is 17.2. The van der Waals surface area contributed by atoms with Crippen molar-refractivity contribution in [3.63, 3.8) is 0 Å². The second kappa shape index (κ2) is 8.22. The van der Waals surface area contributed by atoms with E-state index in [-0.39, 0.29) is 35.8 Å². The SMILES string of the molecule is COC(=O)c1cn(C[C@]2(C)S[C@@H]3CC(=O)N3[C@H]2C(=O)OCc2ccc([N+](=O)[O-])cc2)nn1. The molecule has 0 spiro atoms. The zero-order chi connectivity index (χ0) is 23.0. The van der Waals surface area contributed by atoms with E-state index in [1.807, 2.05) is 6.92 Å². The molecule has 2 aromatic rings. The summed E-state index contributed by atoms with van der Waals surface area (Å²) < 4.78 is 10.8. The fourth-order valence-corrected chi connectivity index (χ4v) is 5.55. The van der Waals surface area contributed by atoms with Crippen molar-refractivity contribution in [3.05, 3.63) is 51.8 Å². The predicted octanol–water partition coefficient (Wildman–Crippen LogP) is 1.15. The molecule has 0 radical (unpaired) electrons. The minimum atomic E-state index is -0.859. The van der Waals surface area contributed by atoms with Crippen LogP contribution in [0.15, 0.2) is 30.5 Å². The number of β-lactam (4-membered cyclic amide) rings is 1. The van der Waals surface area contributed by atoms with Gasteiger partial charge in [-0.2, -0.15) is 0 Å². The first-order valence-electron chi connectivity index (χ1n) is 9.59. The summed E-state index contributed by atoms with van der Waals surface area (Å²) in [5.74, 6) is -1.35. The molecule has 0 unspecified atom stereocenters. The highest BCUT2D eigenvalue weighted by molar-refractivity contribution is 8.01. The summed E-state index contributed by atoms with van der Waals surface area (Å²) in [4.78, 5) is 48.7. The minimum absolute atomic E-state index is 0.0377. The van der Waals surface area contributed by atoms with Crippen molar-refractivity contribution < 1.29 is 28.8 Å². The van der Waals surface area contributed by atoms with Crippen LogP contribution in [-0.4, -0.2) is 65.9 Å². The molecule has 1 aromatic carbocycles. The Balaban J connectivity index is 1.49. The lowest BCUT2D eigenvalue weighted by Crippen LogP contribution is -2.58. The summed E-state index contributed by atoms with van der Waals surface area (Å²) in [6.07, 6.45) is 1.76. The molecule has 1 aromatic heterocycles. The van der Waals surface area contributed by atoms with E-state index in [0.717, 1.165) is 0 Å². The number of benzene rings is 1. The lowest BCUT2D eigenvalue weighted by atomic mass is 9.96. The number of fused-ring (bicyclic) bond motifs is 1. The molecule has 0 bridgehead atoms. The molecule has 0 saturated carbocycles. The van der Waals surface area contributed by atoms with Gasteiger partial charge in [0.25, 0.3) is 5.69 Å². The van der Waals surface area contributed by atoms with E-state index in [2.05, 4.69) is 15.0 Å². The van der Waals surface area contributed by atoms with Crippen LogP contribution in [0.2, 0.25) is 0 Å². The first-order chi connectivity index (χ1) is 15.2. The number of aromatic nitrogens is 3. The molecule has 3 heterocycles.